The molecule has 2 aromatic carbocycles. The van der Waals surface area contributed by atoms with Crippen LogP contribution >= 0.6 is 0 Å². The van der Waals surface area contributed by atoms with Gasteiger partial charge in [-0.3, -0.25) is 4.79 Å². The molecule has 0 bridgehead atoms. The third-order valence-corrected chi connectivity index (χ3v) is 5.88. The van der Waals surface area contributed by atoms with Gasteiger partial charge in [-0.1, -0.05) is 18.2 Å². The number of nitrogens with one attached hydrogen (secondary N) is 1. The van der Waals surface area contributed by atoms with Gasteiger partial charge in [0.25, 0.3) is 0 Å². The van der Waals surface area contributed by atoms with Crippen molar-refractivity contribution < 1.29 is 22.7 Å². The van der Waals surface area contributed by atoms with Crippen molar-refractivity contribution in [3.63, 3.8) is 0 Å². The molecular formula is C19H24N2O5S. The molecule has 146 valence electrons. The van der Waals surface area contributed by atoms with E-state index in [0.29, 0.717) is 23.6 Å². The number of anilines is 1. The molecule has 0 aliphatic carbocycles. The number of hydrogen-bond donors (Lipinski definition) is 1. The lowest BCUT2D eigenvalue weighted by atomic mass is 10.2. The van der Waals surface area contributed by atoms with Crippen LogP contribution in [0.1, 0.15) is 12.8 Å². The number of nitrogens with zero attached hydrogens (tertiary/aromatic N) is 1. The minimum absolute atomic E-state index is 0.176. The van der Waals surface area contributed by atoms with Crippen LogP contribution in [-0.2, 0) is 14.8 Å². The molecule has 0 aliphatic rings. The Labute approximate surface area is 160 Å². The second kappa shape index (κ2) is 9.38. The van der Waals surface area contributed by atoms with Crippen molar-refractivity contribution >= 4 is 21.6 Å². The fraction of sp³-hybridized carbons (Fsp3) is 0.316. The fourth-order valence-corrected chi connectivity index (χ4v) is 3.71. The van der Waals surface area contributed by atoms with Crippen LogP contribution in [0.25, 0.3) is 0 Å². The number of sulfonamides is 1. The SMILES string of the molecule is COc1ccc(OC)c(NC(=O)CCCN(C)S(=O)(=O)c2ccccc2)c1. The molecule has 2 rings (SSSR count). The number of benzene rings is 2. The molecular weight excluding hydrogens is 368 g/mol. The second-order valence-corrected chi connectivity index (χ2v) is 7.90. The highest BCUT2D eigenvalue weighted by atomic mass is 32.2. The van der Waals surface area contributed by atoms with Gasteiger partial charge < -0.3 is 14.8 Å². The largest absolute Gasteiger partial charge is 0.497 e. The van der Waals surface area contributed by atoms with E-state index in [0.717, 1.165) is 0 Å². The molecule has 1 amide bonds. The number of ether oxygens (including phenoxy) is 2. The van der Waals surface area contributed by atoms with Crippen LogP contribution in [0.3, 0.4) is 0 Å². The predicted octanol–water partition coefficient (Wildman–Crippen LogP) is 2.74. The maximum absolute atomic E-state index is 12.4. The Hall–Kier alpha value is -2.58. The number of amides is 1. The summed E-state index contributed by atoms with van der Waals surface area (Å²) in [6.07, 6.45) is 0.565. The number of methoxy groups -OCH3 is 2. The van der Waals surface area contributed by atoms with Gasteiger partial charge >= 0.3 is 0 Å². The highest BCUT2D eigenvalue weighted by Crippen LogP contribution is 2.29. The molecule has 0 saturated heterocycles. The Bertz CT molecular complexity index is 869. The van der Waals surface area contributed by atoms with Crippen molar-refractivity contribution in [1.82, 2.24) is 4.31 Å². The minimum Gasteiger partial charge on any atom is -0.497 e. The summed E-state index contributed by atoms with van der Waals surface area (Å²) in [7, 11) is 1.01. The van der Waals surface area contributed by atoms with Gasteiger partial charge in [0.2, 0.25) is 15.9 Å². The molecule has 7 nitrogen and oxygen atoms in total. The van der Waals surface area contributed by atoms with Crippen molar-refractivity contribution in [3.8, 4) is 11.5 Å². The minimum atomic E-state index is -3.55. The van der Waals surface area contributed by atoms with E-state index >= 15 is 0 Å². The van der Waals surface area contributed by atoms with Gasteiger partial charge in [-0.2, -0.15) is 0 Å². The number of carbonyl (C=O) groups is 1. The van der Waals surface area contributed by atoms with Crippen LogP contribution in [0.15, 0.2) is 53.4 Å². The van der Waals surface area contributed by atoms with E-state index in [1.165, 1.54) is 25.6 Å². The standard InChI is InChI=1S/C19H24N2O5S/c1-21(27(23,24)16-8-5-4-6-9-16)13-7-10-19(22)20-17-14-15(25-2)11-12-18(17)26-3/h4-6,8-9,11-12,14H,7,10,13H2,1-3H3,(H,20,22). The van der Waals surface area contributed by atoms with E-state index < -0.39 is 10.0 Å². The Morgan fingerprint density at radius 3 is 2.41 bits per heavy atom. The zero-order valence-corrected chi connectivity index (χ0v) is 16.5. The quantitative estimate of drug-likeness (QED) is 0.709. The molecule has 0 unspecified atom stereocenters. The second-order valence-electron chi connectivity index (χ2n) is 5.86. The zero-order valence-electron chi connectivity index (χ0n) is 15.6. The molecule has 0 aromatic heterocycles. The molecule has 1 N–H and O–H groups in total. The smallest absolute Gasteiger partial charge is 0.242 e. The lowest BCUT2D eigenvalue weighted by molar-refractivity contribution is -0.116. The van der Waals surface area contributed by atoms with Gasteiger partial charge in [-0.25, -0.2) is 12.7 Å². The van der Waals surface area contributed by atoms with Crippen molar-refractivity contribution in [2.75, 3.05) is 33.1 Å². The van der Waals surface area contributed by atoms with Crippen LogP contribution in [0.5, 0.6) is 11.5 Å². The van der Waals surface area contributed by atoms with E-state index in [2.05, 4.69) is 5.32 Å². The normalized spacial score (nSPS) is 11.3. The molecule has 0 heterocycles. The fourth-order valence-electron chi connectivity index (χ4n) is 2.48. The van der Waals surface area contributed by atoms with Crippen LogP contribution in [0.4, 0.5) is 5.69 Å². The van der Waals surface area contributed by atoms with E-state index in [4.69, 9.17) is 9.47 Å². The van der Waals surface area contributed by atoms with Crippen molar-refractivity contribution in [3.05, 3.63) is 48.5 Å². The molecule has 0 spiro atoms. The summed E-state index contributed by atoms with van der Waals surface area (Å²) < 4.78 is 36.5. The summed E-state index contributed by atoms with van der Waals surface area (Å²) in [6, 6.07) is 13.3. The number of carbonyl (C=O) groups excluding carboxylic acids is 1. The average molecular weight is 392 g/mol. The Morgan fingerprint density at radius 2 is 1.78 bits per heavy atom. The van der Waals surface area contributed by atoms with Gasteiger partial charge in [0.15, 0.2) is 0 Å². The third-order valence-electron chi connectivity index (χ3n) is 4.01. The first-order chi connectivity index (χ1) is 12.9. The summed E-state index contributed by atoms with van der Waals surface area (Å²) in [4.78, 5) is 12.4. The first kappa shape index (κ1) is 20.7. The molecule has 0 radical (unpaired) electrons. The third kappa shape index (κ3) is 5.45. The Kier molecular flexibility index (Phi) is 7.20. The van der Waals surface area contributed by atoms with Gasteiger partial charge in [0, 0.05) is 26.1 Å². The summed E-state index contributed by atoms with van der Waals surface area (Å²) >= 11 is 0. The van der Waals surface area contributed by atoms with E-state index in [1.807, 2.05) is 0 Å². The Morgan fingerprint density at radius 1 is 1.07 bits per heavy atom. The van der Waals surface area contributed by atoms with E-state index in [9.17, 15) is 13.2 Å². The average Bonchev–Trinajstić information content (AvgIpc) is 2.68. The summed E-state index contributed by atoms with van der Waals surface area (Å²) in [5, 5.41) is 2.77. The van der Waals surface area contributed by atoms with Crippen LogP contribution < -0.4 is 14.8 Å². The van der Waals surface area contributed by atoms with E-state index in [1.54, 1.807) is 48.5 Å². The first-order valence-electron chi connectivity index (χ1n) is 8.41. The maximum atomic E-state index is 12.4. The molecule has 8 heteroatoms. The van der Waals surface area contributed by atoms with Gasteiger partial charge in [-0.15, -0.1) is 0 Å². The van der Waals surface area contributed by atoms with Crippen LogP contribution in [0.2, 0.25) is 0 Å². The molecule has 0 saturated carbocycles. The van der Waals surface area contributed by atoms with E-state index in [-0.39, 0.29) is 23.8 Å². The number of rotatable bonds is 9. The lowest BCUT2D eigenvalue weighted by Gasteiger charge is -2.17. The predicted molar refractivity (Wildman–Crippen MR) is 104 cm³/mol. The van der Waals surface area contributed by atoms with Crippen LogP contribution in [0, 0.1) is 0 Å². The number of hydrogen-bond acceptors (Lipinski definition) is 5. The Balaban J connectivity index is 1.91. The van der Waals surface area contributed by atoms with Gasteiger partial charge in [-0.05, 0) is 30.7 Å². The van der Waals surface area contributed by atoms with Crippen molar-refractivity contribution in [2.24, 2.45) is 0 Å². The topological polar surface area (TPSA) is 84.9 Å². The lowest BCUT2D eigenvalue weighted by Crippen LogP contribution is -2.28. The summed E-state index contributed by atoms with van der Waals surface area (Å²) in [5.74, 6) is 0.889. The van der Waals surface area contributed by atoms with Gasteiger partial charge in [0.1, 0.15) is 11.5 Å². The molecule has 2 aromatic rings. The summed E-state index contributed by atoms with van der Waals surface area (Å²) in [5.41, 5.74) is 0.507. The maximum Gasteiger partial charge on any atom is 0.242 e. The van der Waals surface area contributed by atoms with Gasteiger partial charge in [0.05, 0.1) is 24.8 Å². The monoisotopic (exact) mass is 392 g/mol. The highest BCUT2D eigenvalue weighted by molar-refractivity contribution is 7.89. The summed E-state index contributed by atoms with van der Waals surface area (Å²) in [6.45, 7) is 0.236. The molecule has 27 heavy (non-hydrogen) atoms. The van der Waals surface area contributed by atoms with Crippen molar-refractivity contribution in [2.45, 2.75) is 17.7 Å². The zero-order chi connectivity index (χ0) is 19.9. The molecule has 0 aliphatic heterocycles. The molecule has 0 fully saturated rings. The molecule has 0 atom stereocenters. The highest BCUT2D eigenvalue weighted by Gasteiger charge is 2.20. The van der Waals surface area contributed by atoms with Crippen LogP contribution in [-0.4, -0.2) is 46.4 Å². The van der Waals surface area contributed by atoms with Crippen molar-refractivity contribution in [1.29, 1.82) is 0 Å². The first-order valence-corrected chi connectivity index (χ1v) is 9.85.